The minimum Gasteiger partial charge on any atom is -0.508 e. The van der Waals surface area contributed by atoms with Gasteiger partial charge in [0.15, 0.2) is 0 Å². The molecular formula is C17H19N3OS. The van der Waals surface area contributed by atoms with Gasteiger partial charge in [0.1, 0.15) is 5.75 Å². The Morgan fingerprint density at radius 1 is 1.09 bits per heavy atom. The first kappa shape index (κ1) is 16.1. The predicted octanol–water partition coefficient (Wildman–Crippen LogP) is 3.98. The molecule has 0 radical (unpaired) electrons. The summed E-state index contributed by atoms with van der Waals surface area (Å²) in [6, 6.07) is 15.2. The number of benzene rings is 2. The summed E-state index contributed by atoms with van der Waals surface area (Å²) in [6.45, 7) is 0. The van der Waals surface area contributed by atoms with E-state index in [9.17, 15) is 5.11 Å². The molecule has 1 aromatic heterocycles. The van der Waals surface area contributed by atoms with Crippen molar-refractivity contribution in [2.45, 2.75) is 4.90 Å². The number of nitrogens with zero attached hydrogens (tertiary/aromatic N) is 1. The zero-order valence-corrected chi connectivity index (χ0v) is 13.4. The molecule has 1 heterocycles. The van der Waals surface area contributed by atoms with Crippen molar-refractivity contribution in [2.75, 3.05) is 18.6 Å². The lowest BCUT2D eigenvalue weighted by atomic mass is 10.2. The van der Waals surface area contributed by atoms with Crippen LogP contribution < -0.4 is 11.1 Å². The maximum atomic E-state index is 9.53. The highest BCUT2D eigenvalue weighted by molar-refractivity contribution is 7.98. The van der Waals surface area contributed by atoms with E-state index in [0.29, 0.717) is 0 Å². The fraction of sp³-hybridized carbons (Fsp3) is 0.118. The Morgan fingerprint density at radius 3 is 2.64 bits per heavy atom. The number of pyridine rings is 1. The number of hydrogen-bond acceptors (Lipinski definition) is 5. The minimum atomic E-state index is 0.248. The Balaban J connectivity index is 0.000000847. The van der Waals surface area contributed by atoms with Crippen LogP contribution in [0.2, 0.25) is 0 Å². The molecule has 4 nitrogen and oxygen atoms in total. The van der Waals surface area contributed by atoms with Gasteiger partial charge in [-0.2, -0.15) is 0 Å². The molecule has 2 aromatic carbocycles. The highest BCUT2D eigenvalue weighted by atomic mass is 32.2. The zero-order chi connectivity index (χ0) is 15.9. The summed E-state index contributed by atoms with van der Waals surface area (Å²) < 4.78 is 0. The zero-order valence-electron chi connectivity index (χ0n) is 12.6. The van der Waals surface area contributed by atoms with E-state index < -0.39 is 0 Å². The van der Waals surface area contributed by atoms with Crippen molar-refractivity contribution < 1.29 is 5.11 Å². The molecule has 0 aliphatic carbocycles. The van der Waals surface area contributed by atoms with Crippen LogP contribution in [0.1, 0.15) is 0 Å². The van der Waals surface area contributed by atoms with Crippen molar-refractivity contribution in [3.8, 4) is 5.75 Å². The number of thioether (sulfide) groups is 1. The van der Waals surface area contributed by atoms with Crippen molar-refractivity contribution in [1.82, 2.24) is 4.98 Å². The normalized spacial score (nSPS) is 9.95. The standard InChI is InChI=1S/C16H14N2OS.CH5N/c1-20-13-5-6-15-14(10-13)16(7-8-17-15)18-11-3-2-4-12(19)9-11;1-2/h2-10,19H,1H3,(H,17,18);2H2,1H3. The first-order valence-electron chi connectivity index (χ1n) is 6.83. The van der Waals surface area contributed by atoms with Gasteiger partial charge in [-0.25, -0.2) is 0 Å². The summed E-state index contributed by atoms with van der Waals surface area (Å²) in [5.74, 6) is 0.248. The summed E-state index contributed by atoms with van der Waals surface area (Å²) in [5, 5.41) is 13.9. The molecule has 4 N–H and O–H groups in total. The Labute approximate surface area is 134 Å². The lowest BCUT2D eigenvalue weighted by Gasteiger charge is -2.10. The van der Waals surface area contributed by atoms with Crippen LogP contribution in [-0.4, -0.2) is 23.4 Å². The third-order valence-corrected chi connectivity index (χ3v) is 3.80. The summed E-state index contributed by atoms with van der Waals surface area (Å²) >= 11 is 1.71. The number of aromatic hydroxyl groups is 1. The second-order valence-corrected chi connectivity index (χ2v) is 5.30. The molecule has 22 heavy (non-hydrogen) atoms. The molecular weight excluding hydrogens is 294 g/mol. The lowest BCUT2D eigenvalue weighted by Crippen LogP contribution is -1.92. The predicted molar refractivity (Wildman–Crippen MR) is 95.0 cm³/mol. The fourth-order valence-corrected chi connectivity index (χ4v) is 2.54. The van der Waals surface area contributed by atoms with Gasteiger partial charge in [-0.05, 0) is 49.7 Å². The number of phenolic OH excluding ortho intramolecular Hbond substituents is 1. The summed E-state index contributed by atoms with van der Waals surface area (Å²) in [4.78, 5) is 5.58. The number of hydrogen-bond donors (Lipinski definition) is 3. The Hall–Kier alpha value is -2.24. The monoisotopic (exact) mass is 313 g/mol. The number of phenols is 1. The number of nitrogens with one attached hydrogen (secondary N) is 1. The van der Waals surface area contributed by atoms with Crippen molar-refractivity contribution in [3.05, 3.63) is 54.7 Å². The minimum absolute atomic E-state index is 0.248. The van der Waals surface area contributed by atoms with E-state index in [1.807, 2.05) is 24.3 Å². The third-order valence-electron chi connectivity index (χ3n) is 3.07. The van der Waals surface area contributed by atoms with E-state index >= 15 is 0 Å². The molecule has 0 unspecified atom stereocenters. The Bertz CT molecular complexity index is 762. The van der Waals surface area contributed by atoms with Gasteiger partial charge in [0, 0.05) is 33.9 Å². The van der Waals surface area contributed by atoms with E-state index in [2.05, 4.69) is 34.4 Å². The van der Waals surface area contributed by atoms with Gasteiger partial charge in [-0.3, -0.25) is 4.98 Å². The van der Waals surface area contributed by atoms with Crippen molar-refractivity contribution in [2.24, 2.45) is 5.73 Å². The molecule has 0 amide bonds. The summed E-state index contributed by atoms with van der Waals surface area (Å²) in [6.07, 6.45) is 3.84. The van der Waals surface area contributed by atoms with E-state index in [-0.39, 0.29) is 5.75 Å². The SMILES string of the molecule is CN.CSc1ccc2nccc(Nc3cccc(O)c3)c2c1. The van der Waals surface area contributed by atoms with Crippen molar-refractivity contribution >= 4 is 34.0 Å². The van der Waals surface area contributed by atoms with Crippen LogP contribution in [-0.2, 0) is 0 Å². The molecule has 0 spiro atoms. The molecule has 0 bridgehead atoms. The molecule has 3 rings (SSSR count). The fourth-order valence-electron chi connectivity index (χ4n) is 2.10. The maximum Gasteiger partial charge on any atom is 0.117 e. The molecule has 0 saturated heterocycles. The van der Waals surface area contributed by atoms with Crippen LogP contribution in [0, 0.1) is 0 Å². The molecule has 114 valence electrons. The quantitative estimate of drug-likeness (QED) is 0.638. The molecule has 0 aliphatic heterocycles. The average molecular weight is 313 g/mol. The van der Waals surface area contributed by atoms with Gasteiger partial charge < -0.3 is 16.2 Å². The van der Waals surface area contributed by atoms with E-state index in [4.69, 9.17) is 0 Å². The number of rotatable bonds is 3. The molecule has 0 saturated carbocycles. The van der Waals surface area contributed by atoms with Crippen LogP contribution in [0.5, 0.6) is 5.75 Å². The summed E-state index contributed by atoms with van der Waals surface area (Å²) in [7, 11) is 1.50. The average Bonchev–Trinajstić information content (AvgIpc) is 2.57. The van der Waals surface area contributed by atoms with E-state index in [1.54, 1.807) is 30.1 Å². The number of fused-ring (bicyclic) bond motifs is 1. The molecule has 5 heteroatoms. The largest absolute Gasteiger partial charge is 0.508 e. The van der Waals surface area contributed by atoms with Crippen LogP contribution in [0.4, 0.5) is 11.4 Å². The van der Waals surface area contributed by atoms with Crippen LogP contribution in [0.15, 0.2) is 59.6 Å². The van der Waals surface area contributed by atoms with Gasteiger partial charge in [-0.1, -0.05) is 6.07 Å². The van der Waals surface area contributed by atoms with Crippen LogP contribution in [0.25, 0.3) is 10.9 Å². The van der Waals surface area contributed by atoms with Gasteiger partial charge in [0.2, 0.25) is 0 Å². The second-order valence-electron chi connectivity index (χ2n) is 4.42. The van der Waals surface area contributed by atoms with Crippen molar-refractivity contribution in [3.63, 3.8) is 0 Å². The molecule has 0 atom stereocenters. The van der Waals surface area contributed by atoms with Gasteiger partial charge in [0.05, 0.1) is 5.52 Å². The summed E-state index contributed by atoms with van der Waals surface area (Å²) in [5.41, 5.74) is 7.29. The first-order valence-corrected chi connectivity index (χ1v) is 8.05. The number of anilines is 2. The Kier molecular flexibility index (Phi) is 5.63. The lowest BCUT2D eigenvalue weighted by molar-refractivity contribution is 0.475. The molecule has 0 aliphatic rings. The first-order chi connectivity index (χ1) is 10.8. The molecule has 0 fully saturated rings. The van der Waals surface area contributed by atoms with Gasteiger partial charge >= 0.3 is 0 Å². The molecule has 3 aromatic rings. The maximum absolute atomic E-state index is 9.53. The van der Waals surface area contributed by atoms with Gasteiger partial charge in [0.25, 0.3) is 0 Å². The van der Waals surface area contributed by atoms with Crippen molar-refractivity contribution in [1.29, 1.82) is 0 Å². The van der Waals surface area contributed by atoms with Crippen LogP contribution in [0.3, 0.4) is 0 Å². The van der Waals surface area contributed by atoms with E-state index in [0.717, 1.165) is 22.3 Å². The Morgan fingerprint density at radius 2 is 1.91 bits per heavy atom. The second kappa shape index (κ2) is 7.68. The smallest absolute Gasteiger partial charge is 0.117 e. The highest BCUT2D eigenvalue weighted by Gasteiger charge is 2.04. The van der Waals surface area contributed by atoms with E-state index in [1.165, 1.54) is 11.9 Å². The van der Waals surface area contributed by atoms with Crippen LogP contribution >= 0.6 is 11.8 Å². The topological polar surface area (TPSA) is 71.2 Å². The number of aromatic nitrogens is 1. The van der Waals surface area contributed by atoms with Gasteiger partial charge in [-0.15, -0.1) is 11.8 Å². The third kappa shape index (κ3) is 3.69. The highest BCUT2D eigenvalue weighted by Crippen LogP contribution is 2.29. The number of nitrogens with two attached hydrogens (primary N) is 1.